The van der Waals surface area contributed by atoms with Crippen molar-refractivity contribution in [1.29, 1.82) is 0 Å². The van der Waals surface area contributed by atoms with Gasteiger partial charge in [0.2, 0.25) is 0 Å². The van der Waals surface area contributed by atoms with Crippen molar-refractivity contribution < 1.29 is 19.4 Å². The molecule has 0 saturated carbocycles. The zero-order valence-corrected chi connectivity index (χ0v) is 20.6. The molecule has 2 fully saturated rings. The Morgan fingerprint density at radius 2 is 1.67 bits per heavy atom. The Kier molecular flexibility index (Phi) is 9.13. The number of carbonyl (C=O) groups is 1. The molecule has 2 aromatic carbocycles. The van der Waals surface area contributed by atoms with Crippen LogP contribution in [0, 0.1) is 0 Å². The van der Waals surface area contributed by atoms with E-state index in [4.69, 9.17) is 32.7 Å². The van der Waals surface area contributed by atoms with Gasteiger partial charge in [-0.2, -0.15) is 0 Å². The van der Waals surface area contributed by atoms with E-state index >= 15 is 0 Å². The molecule has 0 aromatic heterocycles. The fraction of sp³-hybridized carbons (Fsp3) is 0.458. The molecule has 33 heavy (non-hydrogen) atoms. The zero-order chi connectivity index (χ0) is 22.6. The highest BCUT2D eigenvalue weighted by atomic mass is 35.5. The molecule has 1 amide bonds. The van der Waals surface area contributed by atoms with Crippen LogP contribution >= 0.6 is 35.6 Å². The number of benzene rings is 2. The third-order valence-corrected chi connectivity index (χ3v) is 6.81. The van der Waals surface area contributed by atoms with Gasteiger partial charge in [0.25, 0.3) is 5.91 Å². The second kappa shape index (κ2) is 11.6. The Hall–Kier alpha value is -1.70. The maximum absolute atomic E-state index is 12.9. The molecule has 2 saturated heterocycles. The predicted octanol–water partition coefficient (Wildman–Crippen LogP) is 4.59. The maximum Gasteiger partial charge on any atom is 0.253 e. The third kappa shape index (κ3) is 6.90. The average molecular weight is 516 g/mol. The molecule has 6 nitrogen and oxygen atoms in total. The summed E-state index contributed by atoms with van der Waals surface area (Å²) in [4.78, 5) is 14.7. The van der Waals surface area contributed by atoms with E-state index in [1.54, 1.807) is 23.1 Å². The van der Waals surface area contributed by atoms with Crippen molar-refractivity contribution in [3.8, 4) is 11.5 Å². The number of nitrogens with one attached hydrogen (secondary N) is 1. The quantitative estimate of drug-likeness (QED) is 0.589. The highest BCUT2D eigenvalue weighted by Crippen LogP contribution is 2.29. The van der Waals surface area contributed by atoms with Crippen LogP contribution < -0.4 is 14.8 Å². The Labute approximate surface area is 210 Å². The van der Waals surface area contributed by atoms with E-state index in [1.165, 1.54) is 0 Å². The zero-order valence-electron chi connectivity index (χ0n) is 18.3. The van der Waals surface area contributed by atoms with Gasteiger partial charge < -0.3 is 24.8 Å². The molecule has 2 heterocycles. The van der Waals surface area contributed by atoms with Crippen molar-refractivity contribution in [2.75, 3.05) is 32.8 Å². The van der Waals surface area contributed by atoms with E-state index in [-0.39, 0.29) is 31.0 Å². The van der Waals surface area contributed by atoms with E-state index in [1.807, 2.05) is 24.3 Å². The normalized spacial score (nSPS) is 18.3. The van der Waals surface area contributed by atoms with Crippen LogP contribution in [0.2, 0.25) is 10.0 Å². The van der Waals surface area contributed by atoms with Gasteiger partial charge in [0, 0.05) is 24.7 Å². The second-order valence-electron chi connectivity index (χ2n) is 8.47. The monoisotopic (exact) mass is 514 g/mol. The van der Waals surface area contributed by atoms with E-state index < -0.39 is 5.60 Å². The minimum atomic E-state index is -0.991. The molecular formula is C24H29Cl3N2O4. The van der Waals surface area contributed by atoms with Crippen LogP contribution in [-0.4, -0.2) is 60.4 Å². The summed E-state index contributed by atoms with van der Waals surface area (Å²) in [6.45, 7) is 3.01. The lowest BCUT2D eigenvalue weighted by atomic mass is 9.92. The smallest absolute Gasteiger partial charge is 0.253 e. The van der Waals surface area contributed by atoms with E-state index in [2.05, 4.69) is 5.32 Å². The molecular weight excluding hydrogens is 487 g/mol. The molecule has 0 bridgehead atoms. The molecule has 0 spiro atoms. The Balaban J connectivity index is 0.00000306. The molecule has 2 aliphatic heterocycles. The Bertz CT molecular complexity index is 928. The van der Waals surface area contributed by atoms with Crippen molar-refractivity contribution in [2.24, 2.45) is 0 Å². The number of aliphatic hydroxyl groups is 1. The SMILES string of the molecule is Cl.O=C(c1ccc(OC2CCNCC2)cc1)N1CCC(O)(COc2ccc(Cl)c(Cl)c2)CC1. The first kappa shape index (κ1) is 25.9. The molecule has 0 aliphatic carbocycles. The molecule has 180 valence electrons. The largest absolute Gasteiger partial charge is 0.491 e. The summed E-state index contributed by atoms with van der Waals surface area (Å²) in [5, 5.41) is 15.1. The number of likely N-dealkylation sites (tertiary alicyclic amines) is 1. The number of hydrogen-bond donors (Lipinski definition) is 2. The summed E-state index contributed by atoms with van der Waals surface area (Å²) >= 11 is 11.9. The van der Waals surface area contributed by atoms with Crippen molar-refractivity contribution in [3.63, 3.8) is 0 Å². The highest BCUT2D eigenvalue weighted by molar-refractivity contribution is 6.42. The van der Waals surface area contributed by atoms with Crippen LogP contribution in [0.3, 0.4) is 0 Å². The van der Waals surface area contributed by atoms with Gasteiger partial charge >= 0.3 is 0 Å². The fourth-order valence-electron chi connectivity index (χ4n) is 4.02. The van der Waals surface area contributed by atoms with Gasteiger partial charge in [-0.25, -0.2) is 0 Å². The first-order chi connectivity index (χ1) is 15.4. The van der Waals surface area contributed by atoms with Gasteiger partial charge in [0.1, 0.15) is 29.8 Å². The summed E-state index contributed by atoms with van der Waals surface area (Å²) in [7, 11) is 0. The minimum Gasteiger partial charge on any atom is -0.491 e. The Morgan fingerprint density at radius 1 is 1.03 bits per heavy atom. The molecule has 4 rings (SSSR count). The lowest BCUT2D eigenvalue weighted by Crippen LogP contribution is -2.49. The lowest BCUT2D eigenvalue weighted by molar-refractivity contribution is -0.0475. The summed E-state index contributed by atoms with van der Waals surface area (Å²) in [6.07, 6.45) is 3.09. The van der Waals surface area contributed by atoms with Gasteiger partial charge in [-0.15, -0.1) is 12.4 Å². The van der Waals surface area contributed by atoms with E-state index in [9.17, 15) is 9.90 Å². The van der Waals surface area contributed by atoms with Crippen LogP contribution in [0.4, 0.5) is 0 Å². The number of ether oxygens (including phenoxy) is 2. The molecule has 2 aromatic rings. The van der Waals surface area contributed by atoms with Crippen LogP contribution in [0.25, 0.3) is 0 Å². The lowest BCUT2D eigenvalue weighted by Gasteiger charge is -2.38. The Morgan fingerprint density at radius 3 is 2.30 bits per heavy atom. The molecule has 2 aliphatic rings. The number of piperidine rings is 2. The highest BCUT2D eigenvalue weighted by Gasteiger charge is 2.35. The fourth-order valence-corrected chi connectivity index (χ4v) is 4.31. The van der Waals surface area contributed by atoms with E-state index in [0.717, 1.165) is 31.7 Å². The maximum atomic E-state index is 12.9. The molecule has 0 radical (unpaired) electrons. The molecule has 2 N–H and O–H groups in total. The topological polar surface area (TPSA) is 71.0 Å². The van der Waals surface area contributed by atoms with Crippen LogP contribution in [0.15, 0.2) is 42.5 Å². The van der Waals surface area contributed by atoms with Gasteiger partial charge in [0.05, 0.1) is 10.0 Å². The third-order valence-electron chi connectivity index (χ3n) is 6.07. The summed E-state index contributed by atoms with van der Waals surface area (Å²) in [6, 6.07) is 12.4. The first-order valence-electron chi connectivity index (χ1n) is 11.0. The van der Waals surface area contributed by atoms with Gasteiger partial charge in [-0.3, -0.25) is 4.79 Å². The van der Waals surface area contributed by atoms with Crippen molar-refractivity contribution in [2.45, 2.75) is 37.4 Å². The summed E-state index contributed by atoms with van der Waals surface area (Å²) in [5.74, 6) is 1.31. The predicted molar refractivity (Wildman–Crippen MR) is 132 cm³/mol. The summed E-state index contributed by atoms with van der Waals surface area (Å²) in [5.41, 5.74) is -0.365. The van der Waals surface area contributed by atoms with Crippen LogP contribution in [0.1, 0.15) is 36.0 Å². The average Bonchev–Trinajstić information content (AvgIpc) is 2.81. The van der Waals surface area contributed by atoms with Crippen molar-refractivity contribution in [3.05, 3.63) is 58.1 Å². The second-order valence-corrected chi connectivity index (χ2v) is 9.29. The summed E-state index contributed by atoms with van der Waals surface area (Å²) < 4.78 is 11.7. The van der Waals surface area contributed by atoms with E-state index in [0.29, 0.717) is 47.3 Å². The number of nitrogens with zero attached hydrogens (tertiary/aromatic N) is 1. The number of carbonyl (C=O) groups excluding carboxylic acids is 1. The molecule has 0 atom stereocenters. The standard InChI is InChI=1S/C24H28Cl2N2O4.ClH/c25-21-6-5-20(15-22(21)26)31-16-24(30)9-13-28(14-10-24)23(29)17-1-3-18(4-2-17)32-19-7-11-27-12-8-19;/h1-6,15,19,27,30H,7-14,16H2;1H. The number of rotatable bonds is 6. The minimum absolute atomic E-state index is 0. The van der Waals surface area contributed by atoms with Crippen LogP contribution in [-0.2, 0) is 0 Å². The first-order valence-corrected chi connectivity index (χ1v) is 11.7. The number of amides is 1. The van der Waals surface area contributed by atoms with Gasteiger partial charge in [-0.05, 0) is 75.2 Å². The van der Waals surface area contributed by atoms with Crippen LogP contribution in [0.5, 0.6) is 11.5 Å². The van der Waals surface area contributed by atoms with Gasteiger partial charge in [0.15, 0.2) is 0 Å². The molecule has 9 heteroatoms. The van der Waals surface area contributed by atoms with Gasteiger partial charge in [-0.1, -0.05) is 23.2 Å². The number of halogens is 3. The van der Waals surface area contributed by atoms with Crippen molar-refractivity contribution >= 4 is 41.5 Å². The van der Waals surface area contributed by atoms with Crippen molar-refractivity contribution in [1.82, 2.24) is 10.2 Å². The number of hydrogen-bond acceptors (Lipinski definition) is 5. The molecule has 0 unspecified atom stereocenters.